The second-order valence-corrected chi connectivity index (χ2v) is 8.27. The molecule has 0 spiro atoms. The fourth-order valence-corrected chi connectivity index (χ4v) is 5.36. The van der Waals surface area contributed by atoms with Crippen LogP contribution >= 0.6 is 15.9 Å². The average Bonchev–Trinajstić information content (AvgIpc) is 3.24. The summed E-state index contributed by atoms with van der Waals surface area (Å²) < 4.78 is 26.3. The van der Waals surface area contributed by atoms with Gasteiger partial charge in [0, 0.05) is 22.9 Å². The highest BCUT2D eigenvalue weighted by Gasteiger charge is 2.58. The van der Waals surface area contributed by atoms with E-state index in [9.17, 15) is 13.5 Å². The summed E-state index contributed by atoms with van der Waals surface area (Å²) in [5.41, 5.74) is 0.960. The fraction of sp³-hybridized carbons (Fsp3) is 0.250. The Bertz CT molecular complexity index is 726. The number of sulfone groups is 1. The molecule has 2 aromatic carbocycles. The Hall–Kier alpha value is -1.17. The lowest BCUT2D eigenvalue weighted by atomic mass is 10.1. The highest BCUT2D eigenvalue weighted by atomic mass is 79.9. The third-order valence-corrected chi connectivity index (χ3v) is 6.81. The van der Waals surface area contributed by atoms with Gasteiger partial charge in [0.1, 0.15) is 0 Å². The van der Waals surface area contributed by atoms with Crippen LogP contribution in [0.25, 0.3) is 0 Å². The molecule has 0 bridgehead atoms. The summed E-state index contributed by atoms with van der Waals surface area (Å²) in [6, 6.07) is 16.1. The van der Waals surface area contributed by atoms with Gasteiger partial charge in [-0.3, -0.25) is 0 Å². The second kappa shape index (κ2) is 5.55. The maximum Gasteiger partial charge on any atom is 0.182 e. The van der Waals surface area contributed by atoms with E-state index >= 15 is 0 Å². The van der Waals surface area contributed by atoms with E-state index in [1.54, 1.807) is 30.3 Å². The van der Waals surface area contributed by atoms with Gasteiger partial charge < -0.3 is 5.11 Å². The van der Waals surface area contributed by atoms with E-state index in [0.717, 1.165) is 10.0 Å². The molecule has 0 saturated heterocycles. The minimum absolute atomic E-state index is 0.114. The molecule has 0 heterocycles. The third kappa shape index (κ3) is 2.65. The molecule has 2 aromatic rings. The van der Waals surface area contributed by atoms with E-state index in [-0.39, 0.29) is 18.4 Å². The largest absolute Gasteiger partial charge is 0.396 e. The predicted molar refractivity (Wildman–Crippen MR) is 84.9 cm³/mol. The van der Waals surface area contributed by atoms with Crippen LogP contribution in [0.4, 0.5) is 0 Å². The van der Waals surface area contributed by atoms with Gasteiger partial charge in [0.2, 0.25) is 0 Å². The van der Waals surface area contributed by atoms with Crippen molar-refractivity contribution in [2.75, 3.05) is 6.61 Å². The average molecular weight is 367 g/mol. The van der Waals surface area contributed by atoms with Crippen LogP contribution in [0.1, 0.15) is 11.5 Å². The molecule has 3 atom stereocenters. The van der Waals surface area contributed by atoms with Crippen molar-refractivity contribution in [2.45, 2.75) is 16.1 Å². The van der Waals surface area contributed by atoms with E-state index < -0.39 is 15.1 Å². The molecule has 110 valence electrons. The summed E-state index contributed by atoms with van der Waals surface area (Å²) in [4.78, 5) is 0.327. The van der Waals surface area contributed by atoms with E-state index in [1.807, 2.05) is 24.3 Å². The number of halogens is 1. The summed E-state index contributed by atoms with van der Waals surface area (Å²) in [5.74, 6) is -0.357. The van der Waals surface area contributed by atoms with Gasteiger partial charge in [-0.15, -0.1) is 0 Å². The van der Waals surface area contributed by atoms with Crippen molar-refractivity contribution in [3.05, 3.63) is 64.6 Å². The number of aliphatic hydroxyl groups excluding tert-OH is 1. The molecule has 1 aliphatic carbocycles. The van der Waals surface area contributed by atoms with Crippen molar-refractivity contribution < 1.29 is 13.5 Å². The highest BCUT2D eigenvalue weighted by Crippen LogP contribution is 2.53. The maximum atomic E-state index is 12.7. The Kier molecular flexibility index (Phi) is 3.90. The topological polar surface area (TPSA) is 54.4 Å². The quantitative estimate of drug-likeness (QED) is 0.904. The number of aliphatic hydroxyl groups is 1. The highest BCUT2D eigenvalue weighted by molar-refractivity contribution is 9.10. The van der Waals surface area contributed by atoms with Crippen LogP contribution in [0.15, 0.2) is 64.0 Å². The van der Waals surface area contributed by atoms with Crippen LogP contribution < -0.4 is 0 Å². The van der Waals surface area contributed by atoms with Crippen molar-refractivity contribution in [3.63, 3.8) is 0 Å². The molecule has 1 N–H and O–H groups in total. The summed E-state index contributed by atoms with van der Waals surface area (Å²) in [6.45, 7) is -0.114. The van der Waals surface area contributed by atoms with Gasteiger partial charge in [0.15, 0.2) is 9.84 Å². The van der Waals surface area contributed by atoms with Crippen molar-refractivity contribution in [1.82, 2.24) is 0 Å². The Labute approximate surface area is 132 Å². The monoisotopic (exact) mass is 366 g/mol. The van der Waals surface area contributed by atoms with E-state index in [4.69, 9.17) is 0 Å². The van der Waals surface area contributed by atoms with Gasteiger partial charge in [-0.2, -0.15) is 0 Å². The first-order valence-electron chi connectivity index (χ1n) is 6.71. The van der Waals surface area contributed by atoms with Crippen molar-refractivity contribution in [3.8, 4) is 0 Å². The lowest BCUT2D eigenvalue weighted by Crippen LogP contribution is -2.11. The van der Waals surface area contributed by atoms with Crippen molar-refractivity contribution in [1.29, 1.82) is 0 Å². The Morgan fingerprint density at radius 2 is 1.62 bits per heavy atom. The lowest BCUT2D eigenvalue weighted by molar-refractivity contribution is 0.274. The molecule has 3 rings (SSSR count). The zero-order valence-electron chi connectivity index (χ0n) is 11.2. The van der Waals surface area contributed by atoms with Crippen LogP contribution in [-0.2, 0) is 9.84 Å². The molecule has 0 aliphatic heterocycles. The summed E-state index contributed by atoms with van der Waals surface area (Å²) in [6.07, 6.45) is 0. The molecule has 0 unspecified atom stereocenters. The molecule has 3 nitrogen and oxygen atoms in total. The number of hydrogen-bond acceptors (Lipinski definition) is 3. The van der Waals surface area contributed by atoms with Gasteiger partial charge in [-0.05, 0) is 29.8 Å². The van der Waals surface area contributed by atoms with Crippen LogP contribution in [0.3, 0.4) is 0 Å². The van der Waals surface area contributed by atoms with E-state index in [0.29, 0.717) is 4.90 Å². The maximum absolute atomic E-state index is 12.7. The van der Waals surface area contributed by atoms with Gasteiger partial charge in [0.25, 0.3) is 0 Å². The van der Waals surface area contributed by atoms with Crippen molar-refractivity contribution >= 4 is 25.8 Å². The van der Waals surface area contributed by atoms with E-state index in [2.05, 4.69) is 15.9 Å². The molecule has 21 heavy (non-hydrogen) atoms. The molecule has 0 amide bonds. The smallest absolute Gasteiger partial charge is 0.182 e. The molecule has 5 heteroatoms. The Morgan fingerprint density at radius 1 is 1.00 bits per heavy atom. The van der Waals surface area contributed by atoms with Crippen LogP contribution in [0, 0.1) is 5.92 Å². The molecular weight excluding hydrogens is 352 g/mol. The first-order valence-corrected chi connectivity index (χ1v) is 9.05. The molecule has 1 saturated carbocycles. The van der Waals surface area contributed by atoms with Crippen LogP contribution in [0.5, 0.6) is 0 Å². The summed E-state index contributed by atoms with van der Waals surface area (Å²) >= 11 is 3.37. The number of benzene rings is 2. The first-order chi connectivity index (χ1) is 10.1. The standard InChI is InChI=1S/C16H15BrO3S/c17-12-8-6-11(7-9-12)15-14(10-18)16(15)21(19,20)13-4-2-1-3-5-13/h1-9,14-16,18H,10H2/t14-,15+,16+/m1/s1. The van der Waals surface area contributed by atoms with Crippen LogP contribution in [-0.4, -0.2) is 25.4 Å². The Balaban J connectivity index is 1.94. The molecule has 0 aromatic heterocycles. The molecule has 1 fully saturated rings. The van der Waals surface area contributed by atoms with Gasteiger partial charge >= 0.3 is 0 Å². The van der Waals surface area contributed by atoms with Gasteiger partial charge in [0.05, 0.1) is 10.1 Å². The lowest BCUT2D eigenvalue weighted by Gasteiger charge is -2.04. The summed E-state index contributed by atoms with van der Waals surface area (Å²) in [5, 5.41) is 8.96. The molecule has 0 radical (unpaired) electrons. The first kappa shape index (κ1) is 14.8. The number of hydrogen-bond donors (Lipinski definition) is 1. The van der Waals surface area contributed by atoms with Crippen molar-refractivity contribution in [2.24, 2.45) is 5.92 Å². The minimum Gasteiger partial charge on any atom is -0.396 e. The molecule has 1 aliphatic rings. The third-order valence-electron chi connectivity index (χ3n) is 3.99. The normalized spacial score (nSPS) is 24.8. The minimum atomic E-state index is -3.41. The second-order valence-electron chi connectivity index (χ2n) is 5.25. The van der Waals surface area contributed by atoms with E-state index in [1.165, 1.54) is 0 Å². The predicted octanol–water partition coefficient (Wildman–Crippen LogP) is 3.00. The van der Waals surface area contributed by atoms with Crippen LogP contribution in [0.2, 0.25) is 0 Å². The zero-order chi connectivity index (χ0) is 15.0. The Morgan fingerprint density at radius 3 is 2.19 bits per heavy atom. The van der Waals surface area contributed by atoms with Gasteiger partial charge in [-0.1, -0.05) is 46.3 Å². The number of rotatable bonds is 4. The SMILES string of the molecule is O=S(=O)(c1ccccc1)[C@H]1[C@H](CO)[C@@H]1c1ccc(Br)cc1. The molecular formula is C16H15BrO3S. The van der Waals surface area contributed by atoms with Gasteiger partial charge in [-0.25, -0.2) is 8.42 Å². The summed E-state index contributed by atoms with van der Waals surface area (Å²) in [7, 11) is -3.41. The zero-order valence-corrected chi connectivity index (χ0v) is 13.6. The fourth-order valence-electron chi connectivity index (χ4n) is 2.87.